The molecule has 2 heterocycles. The van der Waals surface area contributed by atoms with Gasteiger partial charge in [-0.1, -0.05) is 6.08 Å². The maximum atomic E-state index is 11.0. The summed E-state index contributed by atoms with van der Waals surface area (Å²) >= 11 is 0. The van der Waals surface area contributed by atoms with E-state index in [9.17, 15) is 38.5 Å². The average Bonchev–Trinajstić information content (AvgIpc) is 2.68. The van der Waals surface area contributed by atoms with Gasteiger partial charge in [0, 0.05) is 0 Å². The van der Waals surface area contributed by atoms with Gasteiger partial charge in [-0.25, -0.2) is 8.42 Å². The van der Waals surface area contributed by atoms with E-state index in [4.69, 9.17) is 24.7 Å². The van der Waals surface area contributed by atoms with Crippen LogP contribution in [0.2, 0.25) is 0 Å². The van der Waals surface area contributed by atoms with Crippen molar-refractivity contribution in [3.05, 3.63) is 12.7 Å². The number of aliphatic hydroxyl groups is 5. The Morgan fingerprint density at radius 2 is 1.52 bits per heavy atom. The normalized spacial score (nSPS) is 41.4. The van der Waals surface area contributed by atoms with Gasteiger partial charge in [-0.15, -0.1) is 6.58 Å². The van der Waals surface area contributed by atoms with Crippen molar-refractivity contribution in [1.29, 1.82) is 0 Å². The van der Waals surface area contributed by atoms with Gasteiger partial charge in [0.1, 0.15) is 42.7 Å². The van der Waals surface area contributed by atoms with Crippen molar-refractivity contribution in [3.63, 3.8) is 0 Å². The fraction of sp³-hybridized carbons (Fsp3) is 0.867. The molecule has 176 valence electrons. The molecule has 0 bridgehead atoms. The smallest absolute Gasteiger partial charge is 0.726 e. The summed E-state index contributed by atoms with van der Waals surface area (Å²) in [5.41, 5.74) is 5.82. The van der Waals surface area contributed by atoms with Gasteiger partial charge < -0.3 is 54.8 Å². The number of ether oxygens (including phenoxy) is 4. The minimum Gasteiger partial charge on any atom is -0.726 e. The Hall–Kier alpha value is 0.210. The van der Waals surface area contributed by atoms with Gasteiger partial charge in [-0.2, -0.15) is 0 Å². The predicted molar refractivity (Wildman–Crippen MR) is 93.1 cm³/mol. The summed E-state index contributed by atoms with van der Waals surface area (Å²) in [7, 11) is -5.30. The molecule has 0 unspecified atom stereocenters. The van der Waals surface area contributed by atoms with E-state index in [0.29, 0.717) is 0 Å². The molecule has 7 N–H and O–H groups in total. The van der Waals surface area contributed by atoms with Crippen LogP contribution in [0.4, 0.5) is 0 Å². The summed E-state index contributed by atoms with van der Waals surface area (Å²) in [6.07, 6.45) is -12.7. The van der Waals surface area contributed by atoms with Crippen LogP contribution in [0.15, 0.2) is 12.7 Å². The van der Waals surface area contributed by atoms with E-state index in [1.807, 2.05) is 0 Å². The zero-order valence-electron chi connectivity index (χ0n) is 16.7. The average molecular weight is 483 g/mol. The first-order valence-electron chi connectivity index (χ1n) is 8.88. The largest absolute Gasteiger partial charge is 1.00 e. The zero-order valence-corrected chi connectivity index (χ0v) is 19.5. The molecule has 2 rings (SSSR count). The summed E-state index contributed by atoms with van der Waals surface area (Å²) in [6, 6.07) is -1.59. The molecule has 0 spiro atoms. The van der Waals surface area contributed by atoms with E-state index < -0.39 is 85.0 Å². The topological polar surface area (TPSA) is 231 Å². The fourth-order valence-electron chi connectivity index (χ4n) is 3.14. The van der Waals surface area contributed by atoms with Crippen molar-refractivity contribution in [2.45, 2.75) is 61.3 Å². The van der Waals surface area contributed by atoms with Crippen LogP contribution in [-0.4, -0.2) is 120 Å². The van der Waals surface area contributed by atoms with Gasteiger partial charge in [-0.3, -0.25) is 4.18 Å². The quantitative estimate of drug-likeness (QED) is 0.0774. The van der Waals surface area contributed by atoms with Crippen molar-refractivity contribution in [2.75, 3.05) is 19.8 Å². The third-order valence-electron chi connectivity index (χ3n) is 4.62. The minimum atomic E-state index is -5.30. The first-order valence-corrected chi connectivity index (χ1v) is 10.2. The molecule has 2 saturated heterocycles. The fourth-order valence-corrected chi connectivity index (χ4v) is 3.65. The third-order valence-corrected chi connectivity index (χ3v) is 5.08. The second kappa shape index (κ2) is 12.6. The number of hydrogen-bond acceptors (Lipinski definition) is 14. The summed E-state index contributed by atoms with van der Waals surface area (Å²) in [6.45, 7) is 1.91. The molecule has 16 heteroatoms. The van der Waals surface area contributed by atoms with Crippen molar-refractivity contribution in [2.24, 2.45) is 5.73 Å². The monoisotopic (exact) mass is 483 g/mol. The Labute approximate surface area is 200 Å². The molecule has 2 aliphatic rings. The molecule has 31 heavy (non-hydrogen) atoms. The summed E-state index contributed by atoms with van der Waals surface area (Å²) in [4.78, 5) is 0. The van der Waals surface area contributed by atoms with Gasteiger partial charge in [-0.05, 0) is 0 Å². The van der Waals surface area contributed by atoms with Gasteiger partial charge >= 0.3 is 29.6 Å². The maximum absolute atomic E-state index is 11.0. The van der Waals surface area contributed by atoms with E-state index in [1.165, 1.54) is 6.08 Å². The summed E-state index contributed by atoms with van der Waals surface area (Å²) < 4.78 is 58.5. The van der Waals surface area contributed by atoms with Crippen LogP contribution in [0.5, 0.6) is 0 Å². The Morgan fingerprint density at radius 3 is 2.00 bits per heavy atom. The molecule has 0 amide bonds. The van der Waals surface area contributed by atoms with Gasteiger partial charge in [0.15, 0.2) is 12.6 Å². The van der Waals surface area contributed by atoms with Crippen LogP contribution in [0.3, 0.4) is 0 Å². The molecular formula is C15H26NNaO13S. The van der Waals surface area contributed by atoms with Crippen molar-refractivity contribution in [1.82, 2.24) is 0 Å². The van der Waals surface area contributed by atoms with Crippen molar-refractivity contribution >= 4 is 10.4 Å². The van der Waals surface area contributed by atoms with Crippen LogP contribution >= 0.6 is 0 Å². The van der Waals surface area contributed by atoms with Crippen LogP contribution in [0.25, 0.3) is 0 Å². The van der Waals surface area contributed by atoms with Crippen LogP contribution in [-0.2, 0) is 33.5 Å². The van der Waals surface area contributed by atoms with E-state index in [0.717, 1.165) is 0 Å². The summed E-state index contributed by atoms with van der Waals surface area (Å²) in [5, 5.41) is 49.7. The van der Waals surface area contributed by atoms with Crippen LogP contribution in [0.1, 0.15) is 0 Å². The Bertz CT molecular complexity index is 669. The number of nitrogens with two attached hydrogens (primary N) is 1. The molecule has 2 aliphatic heterocycles. The third kappa shape index (κ3) is 7.35. The van der Waals surface area contributed by atoms with Gasteiger partial charge in [0.2, 0.25) is 10.4 Å². The van der Waals surface area contributed by atoms with Crippen LogP contribution in [0, 0.1) is 0 Å². The second-order valence-corrected chi connectivity index (χ2v) is 7.70. The molecule has 14 nitrogen and oxygen atoms in total. The molecule has 0 aromatic heterocycles. The minimum absolute atomic E-state index is 0. The Morgan fingerprint density at radius 1 is 1.00 bits per heavy atom. The van der Waals surface area contributed by atoms with Crippen LogP contribution < -0.4 is 35.3 Å². The first-order chi connectivity index (χ1) is 14.0. The molecule has 10 atom stereocenters. The zero-order chi connectivity index (χ0) is 22.6. The van der Waals surface area contributed by atoms with Gasteiger partial charge in [0.05, 0.1) is 25.9 Å². The van der Waals surface area contributed by atoms with E-state index in [2.05, 4.69) is 10.8 Å². The number of hydrogen-bond donors (Lipinski definition) is 6. The molecule has 0 saturated carbocycles. The molecular weight excluding hydrogens is 457 g/mol. The first kappa shape index (κ1) is 29.2. The van der Waals surface area contributed by atoms with E-state index >= 15 is 0 Å². The standard InChI is InChI=1S/C15H27NO13S.Na/c1-2-3-25-15-11(21)13(10(20)7(5-18)27-15)28-14-8(16)12(29-30(22,23)24)9(19)6(4-17)26-14;/h2,6-15,17-21H,1,3-5,16H2,(H,22,23,24);/q;+1/p-1/t6-,7+,8-,9-,10-,11+,12-,13-,14+,15-;/m1./s1. The van der Waals surface area contributed by atoms with Gasteiger partial charge in [0.25, 0.3) is 0 Å². The molecule has 2 fully saturated rings. The predicted octanol–water partition coefficient (Wildman–Crippen LogP) is -7.73. The Kier molecular flexibility index (Phi) is 11.9. The molecule has 0 aromatic rings. The van der Waals surface area contributed by atoms with Crippen molar-refractivity contribution in [3.8, 4) is 0 Å². The molecule has 0 radical (unpaired) electrons. The summed E-state index contributed by atoms with van der Waals surface area (Å²) in [5.74, 6) is 0. The molecule has 0 aliphatic carbocycles. The molecule has 0 aromatic carbocycles. The van der Waals surface area contributed by atoms with E-state index in [-0.39, 0.29) is 36.2 Å². The second-order valence-electron chi connectivity index (χ2n) is 6.69. The Balaban J connectivity index is 0.00000480. The van der Waals surface area contributed by atoms with Crippen molar-refractivity contribution < 1.29 is 91.2 Å². The number of rotatable bonds is 9. The number of aliphatic hydroxyl groups excluding tert-OH is 5. The maximum Gasteiger partial charge on any atom is 1.00 e. The van der Waals surface area contributed by atoms with E-state index in [1.54, 1.807) is 0 Å². The SMILES string of the molecule is C=CCO[C@@H]1O[C@@H](CO)[C@@H](O)[C@@H](O[C@@H]2O[C@H](CO)[C@@H](O)[C@H](OS(=O)(=O)[O-])[C@H]2N)[C@@H]1O.[Na+].